The van der Waals surface area contributed by atoms with E-state index in [-0.39, 0.29) is 0 Å². The fourth-order valence-electron chi connectivity index (χ4n) is 0.954. The van der Waals surface area contributed by atoms with Crippen LogP contribution in [0.15, 0.2) is 0 Å². The van der Waals surface area contributed by atoms with E-state index in [0.29, 0.717) is 6.54 Å². The van der Waals surface area contributed by atoms with Crippen LogP contribution in [-0.2, 0) is 6.54 Å². The minimum atomic E-state index is 0.558. The van der Waals surface area contributed by atoms with Crippen LogP contribution in [0.4, 0.5) is 5.00 Å². The minimum absolute atomic E-state index is 0.558. The Bertz CT molecular complexity index is 240. The van der Waals surface area contributed by atoms with E-state index in [9.17, 15) is 0 Å². The number of rotatable bonds is 1. The first-order valence-corrected chi connectivity index (χ1v) is 4.03. The van der Waals surface area contributed by atoms with Crippen molar-refractivity contribution in [2.75, 3.05) is 5.73 Å². The highest BCUT2D eigenvalue weighted by atomic mass is 32.1. The van der Waals surface area contributed by atoms with Gasteiger partial charge in [0.25, 0.3) is 0 Å². The average molecular weight is 156 g/mol. The predicted octanol–water partition coefficient (Wildman–Crippen LogP) is 1.41. The van der Waals surface area contributed by atoms with Crippen molar-refractivity contribution < 1.29 is 0 Å². The van der Waals surface area contributed by atoms with E-state index in [1.165, 1.54) is 10.4 Å². The highest BCUT2D eigenvalue weighted by molar-refractivity contribution is 7.16. The molecule has 0 spiro atoms. The van der Waals surface area contributed by atoms with E-state index in [2.05, 4.69) is 13.8 Å². The molecule has 0 aliphatic rings. The van der Waals surface area contributed by atoms with E-state index in [4.69, 9.17) is 11.5 Å². The fourth-order valence-corrected chi connectivity index (χ4v) is 1.92. The van der Waals surface area contributed by atoms with Gasteiger partial charge in [-0.15, -0.1) is 11.3 Å². The molecule has 0 aliphatic carbocycles. The lowest BCUT2D eigenvalue weighted by molar-refractivity contribution is 1.06. The number of hydrogen-bond donors (Lipinski definition) is 2. The van der Waals surface area contributed by atoms with Gasteiger partial charge in [-0.2, -0.15) is 0 Å². The van der Waals surface area contributed by atoms with Crippen LogP contribution in [0, 0.1) is 13.8 Å². The van der Waals surface area contributed by atoms with Crippen LogP contribution in [-0.4, -0.2) is 0 Å². The van der Waals surface area contributed by atoms with Crippen molar-refractivity contribution in [1.29, 1.82) is 0 Å². The molecule has 0 amide bonds. The number of aryl methyl sites for hydroxylation is 1. The van der Waals surface area contributed by atoms with Crippen molar-refractivity contribution in [1.82, 2.24) is 0 Å². The highest BCUT2D eigenvalue weighted by Crippen LogP contribution is 2.28. The maximum Gasteiger partial charge on any atom is 0.0907 e. The number of anilines is 1. The van der Waals surface area contributed by atoms with Crippen LogP contribution in [0.1, 0.15) is 16.0 Å². The topological polar surface area (TPSA) is 52.0 Å². The highest BCUT2D eigenvalue weighted by Gasteiger charge is 2.06. The first-order chi connectivity index (χ1) is 4.66. The third kappa shape index (κ3) is 1.02. The summed E-state index contributed by atoms with van der Waals surface area (Å²) in [6.45, 7) is 4.68. The van der Waals surface area contributed by atoms with Gasteiger partial charge in [-0.1, -0.05) is 0 Å². The van der Waals surface area contributed by atoms with Crippen molar-refractivity contribution in [3.05, 3.63) is 16.0 Å². The van der Waals surface area contributed by atoms with Crippen molar-refractivity contribution in [2.45, 2.75) is 20.4 Å². The van der Waals surface area contributed by atoms with Gasteiger partial charge in [0.1, 0.15) is 0 Å². The van der Waals surface area contributed by atoms with Crippen molar-refractivity contribution in [2.24, 2.45) is 5.73 Å². The van der Waals surface area contributed by atoms with E-state index < -0.39 is 0 Å². The standard InChI is InChI=1S/C7H12N2S/c1-4-5(2)10-7(9)6(4)3-8/h3,8-9H2,1-2H3. The molecule has 0 saturated carbocycles. The first-order valence-electron chi connectivity index (χ1n) is 3.21. The van der Waals surface area contributed by atoms with Gasteiger partial charge < -0.3 is 11.5 Å². The molecule has 0 atom stereocenters. The molecule has 10 heavy (non-hydrogen) atoms. The summed E-state index contributed by atoms with van der Waals surface area (Å²) in [7, 11) is 0. The van der Waals surface area contributed by atoms with Gasteiger partial charge in [-0.05, 0) is 19.4 Å². The molecule has 4 N–H and O–H groups in total. The third-order valence-corrected chi connectivity index (χ3v) is 2.82. The summed E-state index contributed by atoms with van der Waals surface area (Å²) in [5.41, 5.74) is 13.6. The molecule has 1 heterocycles. The summed E-state index contributed by atoms with van der Waals surface area (Å²) in [6.07, 6.45) is 0. The molecular formula is C7H12N2S. The molecule has 1 aromatic rings. The van der Waals surface area contributed by atoms with Gasteiger partial charge in [0.05, 0.1) is 5.00 Å². The summed E-state index contributed by atoms with van der Waals surface area (Å²) in [5.74, 6) is 0. The molecule has 0 aliphatic heterocycles. The largest absolute Gasteiger partial charge is 0.390 e. The van der Waals surface area contributed by atoms with Crippen molar-refractivity contribution >= 4 is 16.3 Å². The smallest absolute Gasteiger partial charge is 0.0907 e. The second-order valence-corrected chi connectivity index (χ2v) is 3.59. The minimum Gasteiger partial charge on any atom is -0.390 e. The van der Waals surface area contributed by atoms with Gasteiger partial charge in [-0.3, -0.25) is 0 Å². The molecule has 0 unspecified atom stereocenters. The zero-order valence-electron chi connectivity index (χ0n) is 6.27. The molecule has 3 heteroatoms. The van der Waals surface area contributed by atoms with Crippen LogP contribution < -0.4 is 11.5 Å². The molecule has 56 valence electrons. The molecule has 1 aromatic heterocycles. The van der Waals surface area contributed by atoms with Crippen LogP contribution in [0.2, 0.25) is 0 Å². The third-order valence-electron chi connectivity index (χ3n) is 1.75. The Morgan fingerprint density at radius 3 is 2.20 bits per heavy atom. The monoisotopic (exact) mass is 156 g/mol. The van der Waals surface area contributed by atoms with Gasteiger partial charge in [0.15, 0.2) is 0 Å². The SMILES string of the molecule is Cc1sc(N)c(CN)c1C. The van der Waals surface area contributed by atoms with Gasteiger partial charge >= 0.3 is 0 Å². The van der Waals surface area contributed by atoms with Gasteiger partial charge in [0.2, 0.25) is 0 Å². The van der Waals surface area contributed by atoms with E-state index in [1.807, 2.05) is 0 Å². The van der Waals surface area contributed by atoms with E-state index >= 15 is 0 Å². The second-order valence-electron chi connectivity index (χ2n) is 2.33. The van der Waals surface area contributed by atoms with Gasteiger partial charge in [-0.25, -0.2) is 0 Å². The Labute approximate surface area is 64.8 Å². The van der Waals surface area contributed by atoms with Crippen LogP contribution in [0.5, 0.6) is 0 Å². The number of nitrogens with two attached hydrogens (primary N) is 2. The maximum absolute atomic E-state index is 5.69. The van der Waals surface area contributed by atoms with Gasteiger partial charge in [0, 0.05) is 17.0 Å². The van der Waals surface area contributed by atoms with Crippen molar-refractivity contribution in [3.8, 4) is 0 Å². The van der Waals surface area contributed by atoms with Crippen LogP contribution >= 0.6 is 11.3 Å². The lowest BCUT2D eigenvalue weighted by atomic mass is 10.2. The Balaban J connectivity index is 3.20. The quantitative estimate of drug-likeness (QED) is 0.646. The maximum atomic E-state index is 5.69. The molecule has 2 nitrogen and oxygen atoms in total. The Kier molecular flexibility index (Phi) is 1.97. The number of nitrogen functional groups attached to an aromatic ring is 1. The summed E-state index contributed by atoms with van der Waals surface area (Å²) in [6, 6.07) is 0. The molecule has 0 aromatic carbocycles. The number of thiophene rings is 1. The summed E-state index contributed by atoms with van der Waals surface area (Å²) in [5, 5.41) is 0.873. The zero-order chi connectivity index (χ0) is 7.72. The molecule has 0 radical (unpaired) electrons. The van der Waals surface area contributed by atoms with Crippen LogP contribution in [0.3, 0.4) is 0 Å². The summed E-state index contributed by atoms with van der Waals surface area (Å²) >= 11 is 1.62. The second kappa shape index (κ2) is 2.60. The average Bonchev–Trinajstić information content (AvgIpc) is 2.09. The zero-order valence-corrected chi connectivity index (χ0v) is 7.09. The molecule has 0 fully saturated rings. The predicted molar refractivity (Wildman–Crippen MR) is 46.1 cm³/mol. The summed E-state index contributed by atoms with van der Waals surface area (Å²) in [4.78, 5) is 1.28. The lowest BCUT2D eigenvalue weighted by Gasteiger charge is -1.94. The Morgan fingerprint density at radius 1 is 1.40 bits per heavy atom. The summed E-state index contributed by atoms with van der Waals surface area (Å²) < 4.78 is 0. The van der Waals surface area contributed by atoms with Crippen LogP contribution in [0.25, 0.3) is 0 Å². The fraction of sp³-hybridized carbons (Fsp3) is 0.429. The van der Waals surface area contributed by atoms with E-state index in [1.54, 1.807) is 11.3 Å². The number of hydrogen-bond acceptors (Lipinski definition) is 3. The normalized spacial score (nSPS) is 10.3. The molecular weight excluding hydrogens is 144 g/mol. The molecule has 1 rings (SSSR count). The first kappa shape index (κ1) is 7.57. The Hall–Kier alpha value is -0.540. The molecule has 0 bridgehead atoms. The molecule has 0 saturated heterocycles. The van der Waals surface area contributed by atoms with Crippen molar-refractivity contribution in [3.63, 3.8) is 0 Å². The Morgan fingerprint density at radius 2 is 2.00 bits per heavy atom. The lowest BCUT2D eigenvalue weighted by Crippen LogP contribution is -1.99. The van der Waals surface area contributed by atoms with E-state index in [0.717, 1.165) is 10.6 Å².